The molecule has 0 aliphatic carbocycles. The highest BCUT2D eigenvalue weighted by atomic mass is 19.1. The molecule has 2 aromatic carbocycles. The molecule has 0 spiro atoms. The number of benzene rings is 2. The molecule has 0 bridgehead atoms. The standard InChI is InChI=1S/C26H31FO6/c1-4-31-24(30)14-20(29)13-19(28)9-10-21-22(16(2)3)15-23-26(33-12-11-32-23)25(21)17-5-7-18(27)8-6-17/h5-10,15-16,19-20,28-29H,4,11-14H2,1-3H3. The lowest BCUT2D eigenvalue weighted by molar-refractivity contribution is -0.145. The van der Waals surface area contributed by atoms with Crippen LogP contribution in [0.15, 0.2) is 36.4 Å². The van der Waals surface area contributed by atoms with Crippen molar-refractivity contribution in [2.24, 2.45) is 0 Å². The predicted molar refractivity (Wildman–Crippen MR) is 124 cm³/mol. The SMILES string of the molecule is CCOC(=O)CC(O)CC(O)C=Cc1c(C(C)C)cc2c(c1-c1ccc(F)cc1)OCCO2. The lowest BCUT2D eigenvalue weighted by Gasteiger charge is -2.26. The zero-order chi connectivity index (χ0) is 24.0. The van der Waals surface area contributed by atoms with Crippen LogP contribution in [0.5, 0.6) is 11.5 Å². The molecule has 0 radical (unpaired) electrons. The van der Waals surface area contributed by atoms with E-state index in [1.54, 1.807) is 31.2 Å². The summed E-state index contributed by atoms with van der Waals surface area (Å²) in [5.74, 6) is 0.494. The molecule has 1 aliphatic rings. The zero-order valence-corrected chi connectivity index (χ0v) is 19.2. The topological polar surface area (TPSA) is 85.2 Å². The largest absolute Gasteiger partial charge is 0.486 e. The Morgan fingerprint density at radius 1 is 1.18 bits per heavy atom. The summed E-state index contributed by atoms with van der Waals surface area (Å²) in [7, 11) is 0. The van der Waals surface area contributed by atoms with Crippen LogP contribution in [-0.2, 0) is 9.53 Å². The van der Waals surface area contributed by atoms with E-state index in [0.29, 0.717) is 24.7 Å². The van der Waals surface area contributed by atoms with Crippen LogP contribution >= 0.6 is 0 Å². The Kier molecular flexibility index (Phi) is 8.47. The minimum Gasteiger partial charge on any atom is -0.486 e. The number of rotatable bonds is 9. The minimum absolute atomic E-state index is 0.0112. The van der Waals surface area contributed by atoms with Crippen molar-refractivity contribution >= 4 is 12.0 Å². The summed E-state index contributed by atoms with van der Waals surface area (Å²) in [6.07, 6.45) is 1.17. The molecule has 1 heterocycles. The van der Waals surface area contributed by atoms with Gasteiger partial charge in [0.1, 0.15) is 19.0 Å². The van der Waals surface area contributed by atoms with E-state index in [2.05, 4.69) is 13.8 Å². The second-order valence-electron chi connectivity index (χ2n) is 8.27. The van der Waals surface area contributed by atoms with E-state index in [-0.39, 0.29) is 31.2 Å². The molecule has 0 fully saturated rings. The van der Waals surface area contributed by atoms with Gasteiger partial charge in [-0.2, -0.15) is 0 Å². The molecule has 2 atom stereocenters. The number of halogens is 1. The number of aliphatic hydroxyl groups excluding tert-OH is 2. The van der Waals surface area contributed by atoms with E-state index in [4.69, 9.17) is 14.2 Å². The van der Waals surface area contributed by atoms with Crippen LogP contribution in [0.1, 0.15) is 50.7 Å². The fourth-order valence-electron chi connectivity index (χ4n) is 3.84. The molecule has 2 N–H and O–H groups in total. The number of carbonyl (C=O) groups is 1. The van der Waals surface area contributed by atoms with Gasteiger partial charge in [-0.15, -0.1) is 0 Å². The molecule has 0 amide bonds. The maximum atomic E-state index is 13.6. The van der Waals surface area contributed by atoms with Gasteiger partial charge in [-0.05, 0) is 47.7 Å². The molecule has 0 saturated heterocycles. The van der Waals surface area contributed by atoms with Gasteiger partial charge in [-0.3, -0.25) is 4.79 Å². The Morgan fingerprint density at radius 2 is 1.88 bits per heavy atom. The molecule has 178 valence electrons. The molecule has 6 nitrogen and oxygen atoms in total. The predicted octanol–water partition coefficient (Wildman–Crippen LogP) is 4.47. The highest BCUT2D eigenvalue weighted by Gasteiger charge is 2.24. The van der Waals surface area contributed by atoms with Crippen molar-refractivity contribution in [2.75, 3.05) is 19.8 Å². The molecule has 2 unspecified atom stereocenters. The van der Waals surface area contributed by atoms with Crippen molar-refractivity contribution in [3.05, 3.63) is 53.4 Å². The zero-order valence-electron chi connectivity index (χ0n) is 19.2. The van der Waals surface area contributed by atoms with Gasteiger partial charge in [0.05, 0.1) is 25.2 Å². The van der Waals surface area contributed by atoms with E-state index in [1.165, 1.54) is 12.1 Å². The Balaban J connectivity index is 1.97. The van der Waals surface area contributed by atoms with Crippen LogP contribution in [0.2, 0.25) is 0 Å². The molecule has 3 rings (SSSR count). The summed E-state index contributed by atoms with van der Waals surface area (Å²) in [4.78, 5) is 11.6. The second-order valence-corrected chi connectivity index (χ2v) is 8.27. The monoisotopic (exact) mass is 458 g/mol. The summed E-state index contributed by atoms with van der Waals surface area (Å²) in [6.45, 7) is 6.88. The number of aliphatic hydroxyl groups is 2. The molecule has 0 saturated carbocycles. The van der Waals surface area contributed by atoms with Gasteiger partial charge in [-0.1, -0.05) is 38.1 Å². The Hall–Kier alpha value is -2.90. The lowest BCUT2D eigenvalue weighted by atomic mass is 9.88. The number of fused-ring (bicyclic) bond motifs is 1. The number of carbonyl (C=O) groups excluding carboxylic acids is 1. The second kappa shape index (κ2) is 11.3. The van der Waals surface area contributed by atoms with Gasteiger partial charge in [0.15, 0.2) is 11.5 Å². The first-order valence-corrected chi connectivity index (χ1v) is 11.2. The Labute approximate surface area is 193 Å². The maximum Gasteiger partial charge on any atom is 0.308 e. The Morgan fingerprint density at radius 3 is 2.55 bits per heavy atom. The van der Waals surface area contributed by atoms with E-state index >= 15 is 0 Å². The van der Waals surface area contributed by atoms with E-state index < -0.39 is 18.2 Å². The quantitative estimate of drug-likeness (QED) is 0.540. The van der Waals surface area contributed by atoms with Gasteiger partial charge >= 0.3 is 5.97 Å². The molecule has 2 aromatic rings. The molecular weight excluding hydrogens is 427 g/mol. The highest BCUT2D eigenvalue weighted by molar-refractivity contribution is 5.85. The smallest absolute Gasteiger partial charge is 0.308 e. The first-order valence-electron chi connectivity index (χ1n) is 11.2. The first kappa shape index (κ1) is 24.7. The summed E-state index contributed by atoms with van der Waals surface area (Å²) >= 11 is 0. The summed E-state index contributed by atoms with van der Waals surface area (Å²) < 4.78 is 30.2. The third-order valence-corrected chi connectivity index (χ3v) is 5.37. The van der Waals surface area contributed by atoms with E-state index in [1.807, 2.05) is 6.07 Å². The van der Waals surface area contributed by atoms with Crippen LogP contribution < -0.4 is 9.47 Å². The average Bonchev–Trinajstić information content (AvgIpc) is 2.77. The fraction of sp³-hybridized carbons (Fsp3) is 0.423. The highest BCUT2D eigenvalue weighted by Crippen LogP contribution is 2.46. The van der Waals surface area contributed by atoms with Crippen LogP contribution in [0.25, 0.3) is 17.2 Å². The van der Waals surface area contributed by atoms with Gasteiger partial charge in [0, 0.05) is 12.0 Å². The summed E-state index contributed by atoms with van der Waals surface area (Å²) in [5, 5.41) is 20.6. The third kappa shape index (κ3) is 6.33. The number of ether oxygens (including phenoxy) is 3. The summed E-state index contributed by atoms with van der Waals surface area (Å²) in [6, 6.07) is 8.09. The van der Waals surface area contributed by atoms with Crippen molar-refractivity contribution in [1.29, 1.82) is 0 Å². The van der Waals surface area contributed by atoms with E-state index in [0.717, 1.165) is 22.3 Å². The van der Waals surface area contributed by atoms with Crippen LogP contribution in [-0.4, -0.2) is 48.2 Å². The molecule has 1 aliphatic heterocycles. The number of hydrogen-bond acceptors (Lipinski definition) is 6. The van der Waals surface area contributed by atoms with E-state index in [9.17, 15) is 19.4 Å². The van der Waals surface area contributed by atoms with Crippen molar-refractivity contribution in [3.8, 4) is 22.6 Å². The molecule has 7 heteroatoms. The third-order valence-electron chi connectivity index (χ3n) is 5.37. The minimum atomic E-state index is -1.02. The van der Waals surface area contributed by atoms with Crippen LogP contribution in [0, 0.1) is 5.82 Å². The lowest BCUT2D eigenvalue weighted by Crippen LogP contribution is -2.20. The average molecular weight is 459 g/mol. The van der Waals surface area contributed by atoms with Gasteiger partial charge in [-0.25, -0.2) is 4.39 Å². The number of hydrogen-bond donors (Lipinski definition) is 2. The van der Waals surface area contributed by atoms with Crippen molar-refractivity contribution in [3.63, 3.8) is 0 Å². The van der Waals surface area contributed by atoms with Crippen LogP contribution in [0.3, 0.4) is 0 Å². The van der Waals surface area contributed by atoms with Crippen molar-refractivity contribution in [1.82, 2.24) is 0 Å². The molecular formula is C26H31FO6. The number of esters is 1. The van der Waals surface area contributed by atoms with Gasteiger partial charge in [0.25, 0.3) is 0 Å². The first-order chi connectivity index (χ1) is 15.8. The molecule has 0 aromatic heterocycles. The van der Waals surface area contributed by atoms with Crippen molar-refractivity contribution < 1.29 is 33.6 Å². The molecule has 33 heavy (non-hydrogen) atoms. The van der Waals surface area contributed by atoms with Crippen molar-refractivity contribution in [2.45, 2.75) is 51.7 Å². The van der Waals surface area contributed by atoms with Crippen LogP contribution in [0.4, 0.5) is 4.39 Å². The maximum absolute atomic E-state index is 13.6. The van der Waals surface area contributed by atoms with Gasteiger partial charge in [0.2, 0.25) is 0 Å². The fourth-order valence-corrected chi connectivity index (χ4v) is 3.84. The normalized spacial score (nSPS) is 15.0. The Bertz CT molecular complexity index is 983. The summed E-state index contributed by atoms with van der Waals surface area (Å²) in [5.41, 5.74) is 3.32. The van der Waals surface area contributed by atoms with Gasteiger partial charge < -0.3 is 24.4 Å².